The molecule has 2 heterocycles. The van der Waals surface area contributed by atoms with Crippen LogP contribution in [0.4, 0.5) is 0 Å². The first-order valence-corrected chi connectivity index (χ1v) is 6.45. The fraction of sp³-hybridized carbons (Fsp3) is 0.200. The van der Waals surface area contributed by atoms with Crippen molar-refractivity contribution >= 4 is 5.91 Å². The van der Waals surface area contributed by atoms with Crippen LogP contribution in [-0.4, -0.2) is 17.0 Å². The van der Waals surface area contributed by atoms with Gasteiger partial charge in [-0.05, 0) is 5.56 Å². The summed E-state index contributed by atoms with van der Waals surface area (Å²) in [6.07, 6.45) is 0. The number of nitrogens with one attached hydrogen (secondary N) is 1. The Morgan fingerprint density at radius 2 is 2.10 bits per heavy atom. The Morgan fingerprint density at radius 1 is 1.35 bits per heavy atom. The van der Waals surface area contributed by atoms with Crippen molar-refractivity contribution in [3.8, 4) is 17.3 Å². The molecule has 3 N–H and O–H groups in total. The van der Waals surface area contributed by atoms with Crippen LogP contribution in [-0.2, 0) is 13.1 Å². The highest BCUT2D eigenvalue weighted by Crippen LogP contribution is 2.32. The van der Waals surface area contributed by atoms with E-state index in [1.165, 1.54) is 0 Å². The summed E-state index contributed by atoms with van der Waals surface area (Å²) in [5.41, 5.74) is 8.72. The monoisotopic (exact) mass is 266 g/mol. The van der Waals surface area contributed by atoms with Gasteiger partial charge in [0, 0.05) is 25.3 Å². The molecule has 1 amide bonds. The number of primary amides is 1. The molecule has 0 radical (unpaired) electrons. The zero-order valence-corrected chi connectivity index (χ0v) is 10.9. The Hall–Kier alpha value is -2.58. The number of nitrogens with zero attached hydrogens (tertiary/aromatic N) is 2. The first-order valence-electron chi connectivity index (χ1n) is 6.45. The molecule has 5 nitrogen and oxygen atoms in total. The summed E-state index contributed by atoms with van der Waals surface area (Å²) in [5, 5.41) is 12.7. The standard InChI is InChI=1S/C15H14N4O/c16-8-11-13(15(17)20)12-9-18-6-7-19(12)14(11)10-4-2-1-3-5-10/h1-5,18H,6-7,9H2,(H2,17,20). The zero-order valence-electron chi connectivity index (χ0n) is 10.9. The van der Waals surface area contributed by atoms with Crippen molar-refractivity contribution in [2.45, 2.75) is 13.1 Å². The average molecular weight is 266 g/mol. The van der Waals surface area contributed by atoms with Crippen LogP contribution in [0.3, 0.4) is 0 Å². The van der Waals surface area contributed by atoms with Gasteiger partial charge in [-0.1, -0.05) is 30.3 Å². The van der Waals surface area contributed by atoms with Crippen molar-refractivity contribution in [3.05, 3.63) is 47.2 Å². The van der Waals surface area contributed by atoms with E-state index in [-0.39, 0.29) is 0 Å². The molecular weight excluding hydrogens is 252 g/mol. The van der Waals surface area contributed by atoms with Gasteiger partial charge in [0.1, 0.15) is 6.07 Å². The van der Waals surface area contributed by atoms with Gasteiger partial charge in [0.05, 0.1) is 16.8 Å². The van der Waals surface area contributed by atoms with Crippen molar-refractivity contribution in [3.63, 3.8) is 0 Å². The molecule has 20 heavy (non-hydrogen) atoms. The highest BCUT2D eigenvalue weighted by atomic mass is 16.1. The average Bonchev–Trinajstić information content (AvgIpc) is 2.82. The van der Waals surface area contributed by atoms with E-state index >= 15 is 0 Å². The fourth-order valence-corrected chi connectivity index (χ4v) is 2.77. The number of aromatic nitrogens is 1. The van der Waals surface area contributed by atoms with E-state index in [0.29, 0.717) is 17.7 Å². The van der Waals surface area contributed by atoms with Crippen LogP contribution in [0.15, 0.2) is 30.3 Å². The summed E-state index contributed by atoms with van der Waals surface area (Å²) in [6.45, 7) is 2.09. The van der Waals surface area contributed by atoms with Gasteiger partial charge in [0.15, 0.2) is 0 Å². The first kappa shape index (κ1) is 12.5. The molecule has 0 aliphatic carbocycles. The van der Waals surface area contributed by atoms with Crippen molar-refractivity contribution in [1.29, 1.82) is 5.26 Å². The summed E-state index contributed by atoms with van der Waals surface area (Å²) in [4.78, 5) is 11.7. The highest BCUT2D eigenvalue weighted by molar-refractivity contribution is 5.99. The Bertz CT molecular complexity index is 710. The maximum absolute atomic E-state index is 11.7. The van der Waals surface area contributed by atoms with Crippen molar-refractivity contribution in [2.75, 3.05) is 6.54 Å². The Kier molecular flexibility index (Phi) is 3.01. The van der Waals surface area contributed by atoms with E-state index in [1.807, 2.05) is 34.9 Å². The molecule has 0 unspecified atom stereocenters. The lowest BCUT2D eigenvalue weighted by molar-refractivity contribution is 0.0998. The second-order valence-corrected chi connectivity index (χ2v) is 4.72. The van der Waals surface area contributed by atoms with Crippen molar-refractivity contribution < 1.29 is 4.79 Å². The molecule has 1 aromatic carbocycles. The molecular formula is C15H14N4O. The topological polar surface area (TPSA) is 83.8 Å². The number of benzene rings is 1. The van der Waals surface area contributed by atoms with Crippen LogP contribution in [0, 0.1) is 11.3 Å². The maximum Gasteiger partial charge on any atom is 0.251 e. The molecule has 0 fully saturated rings. The number of hydrogen-bond donors (Lipinski definition) is 2. The molecule has 0 bridgehead atoms. The maximum atomic E-state index is 11.7. The van der Waals surface area contributed by atoms with Gasteiger partial charge in [-0.3, -0.25) is 4.79 Å². The fourth-order valence-electron chi connectivity index (χ4n) is 2.77. The van der Waals surface area contributed by atoms with Crippen molar-refractivity contribution in [1.82, 2.24) is 9.88 Å². The molecule has 100 valence electrons. The van der Waals surface area contributed by atoms with Crippen LogP contribution in [0.25, 0.3) is 11.3 Å². The Morgan fingerprint density at radius 3 is 2.75 bits per heavy atom. The number of carbonyl (C=O) groups excluding carboxylic acids is 1. The molecule has 1 aliphatic rings. The van der Waals surface area contributed by atoms with Crippen LogP contribution >= 0.6 is 0 Å². The Balaban J connectivity index is 2.34. The summed E-state index contributed by atoms with van der Waals surface area (Å²) in [6, 6.07) is 11.8. The molecule has 0 atom stereocenters. The van der Waals surface area contributed by atoms with E-state index in [9.17, 15) is 10.1 Å². The van der Waals surface area contributed by atoms with Crippen LogP contribution < -0.4 is 11.1 Å². The number of nitriles is 1. The molecule has 0 spiro atoms. The third-order valence-electron chi connectivity index (χ3n) is 3.58. The van der Waals surface area contributed by atoms with E-state index in [2.05, 4.69) is 11.4 Å². The van der Waals surface area contributed by atoms with Gasteiger partial charge in [0.2, 0.25) is 0 Å². The smallest absolute Gasteiger partial charge is 0.251 e. The van der Waals surface area contributed by atoms with Gasteiger partial charge < -0.3 is 15.6 Å². The van der Waals surface area contributed by atoms with Gasteiger partial charge >= 0.3 is 0 Å². The molecule has 1 aliphatic heterocycles. The SMILES string of the molecule is N#Cc1c(C(N)=O)c2n(c1-c1ccccc1)CCNC2. The third kappa shape index (κ3) is 1.78. The van der Waals surface area contributed by atoms with Crippen molar-refractivity contribution in [2.24, 2.45) is 5.73 Å². The predicted octanol–water partition coefficient (Wildman–Crippen LogP) is 1.23. The number of hydrogen-bond acceptors (Lipinski definition) is 3. The van der Waals surface area contributed by atoms with E-state index in [1.54, 1.807) is 0 Å². The molecule has 0 saturated carbocycles. The summed E-state index contributed by atoms with van der Waals surface area (Å²) >= 11 is 0. The van der Waals surface area contributed by atoms with Crippen LogP contribution in [0.2, 0.25) is 0 Å². The third-order valence-corrected chi connectivity index (χ3v) is 3.58. The normalized spacial score (nSPS) is 13.6. The molecule has 0 saturated heterocycles. The minimum Gasteiger partial charge on any atom is -0.366 e. The first-order chi connectivity index (χ1) is 9.74. The van der Waals surface area contributed by atoms with Crippen LogP contribution in [0.1, 0.15) is 21.6 Å². The summed E-state index contributed by atoms with van der Waals surface area (Å²) in [5.74, 6) is -0.545. The number of fused-ring (bicyclic) bond motifs is 1. The number of amides is 1. The quantitative estimate of drug-likeness (QED) is 0.857. The lowest BCUT2D eigenvalue weighted by Gasteiger charge is -2.19. The van der Waals surface area contributed by atoms with Gasteiger partial charge in [-0.25, -0.2) is 0 Å². The largest absolute Gasteiger partial charge is 0.366 e. The van der Waals surface area contributed by atoms with Gasteiger partial charge in [-0.2, -0.15) is 5.26 Å². The summed E-state index contributed by atoms with van der Waals surface area (Å²) in [7, 11) is 0. The number of rotatable bonds is 2. The summed E-state index contributed by atoms with van der Waals surface area (Å²) < 4.78 is 2.03. The molecule has 1 aromatic heterocycles. The zero-order chi connectivity index (χ0) is 14.1. The van der Waals surface area contributed by atoms with E-state index < -0.39 is 5.91 Å². The molecule has 2 aromatic rings. The van der Waals surface area contributed by atoms with Gasteiger partial charge in [-0.15, -0.1) is 0 Å². The van der Waals surface area contributed by atoms with E-state index in [0.717, 1.165) is 30.0 Å². The minimum atomic E-state index is -0.545. The predicted molar refractivity (Wildman–Crippen MR) is 74.8 cm³/mol. The number of carbonyl (C=O) groups is 1. The molecule has 3 rings (SSSR count). The number of nitrogens with two attached hydrogens (primary N) is 1. The molecule has 5 heteroatoms. The van der Waals surface area contributed by atoms with E-state index in [4.69, 9.17) is 5.73 Å². The van der Waals surface area contributed by atoms with Gasteiger partial charge in [0.25, 0.3) is 5.91 Å². The van der Waals surface area contributed by atoms with Crippen LogP contribution in [0.5, 0.6) is 0 Å². The second-order valence-electron chi connectivity index (χ2n) is 4.72. The second kappa shape index (κ2) is 4.83. The highest BCUT2D eigenvalue weighted by Gasteiger charge is 2.27. The minimum absolute atomic E-state index is 0.346. The Labute approximate surface area is 116 Å². The lowest BCUT2D eigenvalue weighted by Crippen LogP contribution is -2.30. The lowest BCUT2D eigenvalue weighted by atomic mass is 10.0.